The summed E-state index contributed by atoms with van der Waals surface area (Å²) in [6, 6.07) is 6.49. The highest BCUT2D eigenvalue weighted by atomic mass is 16.5. The Morgan fingerprint density at radius 3 is 2.57 bits per heavy atom. The molecule has 0 bridgehead atoms. The molecule has 0 aromatic heterocycles. The normalized spacial score (nSPS) is 19.2. The topological polar surface area (TPSA) is 91.0 Å². The third-order valence-electron chi connectivity index (χ3n) is 5.26. The maximum absolute atomic E-state index is 13.0. The first-order valence-electron chi connectivity index (χ1n) is 9.64. The first kappa shape index (κ1) is 20.1. The first-order valence-corrected chi connectivity index (χ1v) is 9.64. The van der Waals surface area contributed by atoms with Crippen LogP contribution in [0.3, 0.4) is 0 Å². The van der Waals surface area contributed by atoms with Crippen LogP contribution in [-0.4, -0.2) is 66.5 Å². The zero-order valence-corrected chi connectivity index (χ0v) is 16.7. The number of imide groups is 1. The van der Waals surface area contributed by atoms with Gasteiger partial charge in [0.25, 0.3) is 5.91 Å². The van der Waals surface area contributed by atoms with E-state index in [0.29, 0.717) is 30.2 Å². The summed E-state index contributed by atoms with van der Waals surface area (Å²) in [5.74, 6) is 0.319. The minimum atomic E-state index is -0.880. The second-order valence-electron chi connectivity index (χ2n) is 7.85. The van der Waals surface area contributed by atoms with E-state index in [1.807, 2.05) is 0 Å². The van der Waals surface area contributed by atoms with E-state index in [9.17, 15) is 14.4 Å². The van der Waals surface area contributed by atoms with Gasteiger partial charge in [-0.1, -0.05) is 26.0 Å². The molecule has 2 aliphatic rings. The van der Waals surface area contributed by atoms with Crippen molar-refractivity contribution in [3.63, 3.8) is 0 Å². The first-order chi connectivity index (χ1) is 13.3. The van der Waals surface area contributed by atoms with E-state index in [-0.39, 0.29) is 12.5 Å². The Labute approximate surface area is 165 Å². The van der Waals surface area contributed by atoms with Crippen LogP contribution < -0.4 is 15.4 Å². The molecule has 2 fully saturated rings. The van der Waals surface area contributed by atoms with E-state index in [1.165, 1.54) is 7.11 Å². The number of piperidine rings is 1. The molecule has 0 atom stereocenters. The Balaban J connectivity index is 1.62. The van der Waals surface area contributed by atoms with E-state index in [2.05, 4.69) is 29.4 Å². The second kappa shape index (κ2) is 8.18. The van der Waals surface area contributed by atoms with Crippen LogP contribution in [0.5, 0.6) is 5.75 Å². The highest BCUT2D eigenvalue weighted by Gasteiger charge is 2.52. The zero-order valence-electron chi connectivity index (χ0n) is 16.7. The number of nitrogens with zero attached hydrogens (tertiary/aromatic N) is 2. The standard InChI is InChI=1S/C20H28N4O4/c1-14(2)12-23-10-8-20(9-11-23)18(26)24(19(27)22-20)13-17(25)21-15-6-4-5-7-16(15)28-3/h4-7,14H,8-13H2,1-3H3,(H,21,25)(H,22,27). The second-order valence-corrected chi connectivity index (χ2v) is 7.85. The maximum atomic E-state index is 13.0. The van der Waals surface area contributed by atoms with Crippen LogP contribution in [0.4, 0.5) is 10.5 Å². The predicted molar refractivity (Wildman–Crippen MR) is 105 cm³/mol. The summed E-state index contributed by atoms with van der Waals surface area (Å²) in [5, 5.41) is 5.54. The lowest BCUT2D eigenvalue weighted by molar-refractivity contribution is -0.135. The minimum Gasteiger partial charge on any atom is -0.495 e. The van der Waals surface area contributed by atoms with Crippen molar-refractivity contribution < 1.29 is 19.1 Å². The van der Waals surface area contributed by atoms with Gasteiger partial charge in [-0.2, -0.15) is 0 Å². The average molecular weight is 388 g/mol. The van der Waals surface area contributed by atoms with Crippen LogP contribution in [0.25, 0.3) is 0 Å². The van der Waals surface area contributed by atoms with E-state index >= 15 is 0 Å². The summed E-state index contributed by atoms with van der Waals surface area (Å²) in [6.07, 6.45) is 1.13. The Morgan fingerprint density at radius 1 is 1.25 bits per heavy atom. The Morgan fingerprint density at radius 2 is 1.93 bits per heavy atom. The Hall–Kier alpha value is -2.61. The highest BCUT2D eigenvalue weighted by molar-refractivity contribution is 6.10. The molecule has 2 saturated heterocycles. The van der Waals surface area contributed by atoms with Gasteiger partial charge in [-0.15, -0.1) is 0 Å². The third kappa shape index (κ3) is 4.11. The number of nitrogens with one attached hydrogen (secondary N) is 2. The molecule has 2 aliphatic heterocycles. The number of anilines is 1. The number of carbonyl (C=O) groups is 3. The summed E-state index contributed by atoms with van der Waals surface area (Å²) in [7, 11) is 1.51. The molecule has 1 spiro atoms. The fourth-order valence-electron chi connectivity index (χ4n) is 3.87. The molecule has 0 unspecified atom stereocenters. The summed E-state index contributed by atoms with van der Waals surface area (Å²) in [6.45, 7) is 6.49. The molecule has 1 aromatic carbocycles. The summed E-state index contributed by atoms with van der Waals surface area (Å²) in [5.41, 5.74) is -0.381. The number of carbonyl (C=O) groups excluding carboxylic acids is 3. The van der Waals surface area contributed by atoms with Crippen molar-refractivity contribution in [1.82, 2.24) is 15.1 Å². The van der Waals surface area contributed by atoms with Crippen LogP contribution in [0.2, 0.25) is 0 Å². The molecule has 2 N–H and O–H groups in total. The maximum Gasteiger partial charge on any atom is 0.325 e. The Kier molecular flexibility index (Phi) is 5.88. The van der Waals surface area contributed by atoms with E-state index in [4.69, 9.17) is 4.74 Å². The van der Waals surface area contributed by atoms with E-state index in [0.717, 1.165) is 24.5 Å². The monoisotopic (exact) mass is 388 g/mol. The van der Waals surface area contributed by atoms with Crippen molar-refractivity contribution in [2.24, 2.45) is 5.92 Å². The van der Waals surface area contributed by atoms with Gasteiger partial charge in [-0.05, 0) is 30.9 Å². The summed E-state index contributed by atoms with van der Waals surface area (Å²) >= 11 is 0. The van der Waals surface area contributed by atoms with Gasteiger partial charge in [0, 0.05) is 19.6 Å². The number of urea groups is 1. The van der Waals surface area contributed by atoms with Crippen molar-refractivity contribution in [3.05, 3.63) is 24.3 Å². The molecule has 8 nitrogen and oxygen atoms in total. The van der Waals surface area contributed by atoms with Crippen LogP contribution in [0.1, 0.15) is 26.7 Å². The van der Waals surface area contributed by atoms with Gasteiger partial charge in [0.15, 0.2) is 0 Å². The summed E-state index contributed by atoms with van der Waals surface area (Å²) in [4.78, 5) is 41.1. The molecule has 3 rings (SSSR count). The van der Waals surface area contributed by atoms with Gasteiger partial charge in [-0.25, -0.2) is 4.79 Å². The van der Waals surface area contributed by atoms with Gasteiger partial charge in [0.05, 0.1) is 12.8 Å². The number of amides is 4. The average Bonchev–Trinajstić information content (AvgIpc) is 2.88. The fraction of sp³-hybridized carbons (Fsp3) is 0.550. The van der Waals surface area contributed by atoms with Gasteiger partial charge in [0.1, 0.15) is 17.8 Å². The molecule has 0 aliphatic carbocycles. The molecule has 28 heavy (non-hydrogen) atoms. The number of ether oxygens (including phenoxy) is 1. The predicted octanol–water partition coefficient (Wildman–Crippen LogP) is 1.68. The quantitative estimate of drug-likeness (QED) is 0.724. The van der Waals surface area contributed by atoms with Crippen LogP contribution in [0, 0.1) is 5.92 Å². The molecular weight excluding hydrogens is 360 g/mol. The number of para-hydroxylation sites is 2. The lowest BCUT2D eigenvalue weighted by Gasteiger charge is -2.37. The van der Waals surface area contributed by atoms with Gasteiger partial charge in [0.2, 0.25) is 5.91 Å². The zero-order chi connectivity index (χ0) is 20.3. The van der Waals surface area contributed by atoms with Crippen molar-refractivity contribution in [2.75, 3.05) is 38.6 Å². The van der Waals surface area contributed by atoms with Crippen molar-refractivity contribution in [3.8, 4) is 5.75 Å². The van der Waals surface area contributed by atoms with Gasteiger partial charge in [-0.3, -0.25) is 14.5 Å². The van der Waals surface area contributed by atoms with E-state index < -0.39 is 17.5 Å². The minimum absolute atomic E-state index is 0.308. The third-order valence-corrected chi connectivity index (χ3v) is 5.26. The number of likely N-dealkylation sites (tertiary alicyclic amines) is 1. The fourth-order valence-corrected chi connectivity index (χ4v) is 3.87. The van der Waals surface area contributed by atoms with Crippen LogP contribution >= 0.6 is 0 Å². The molecule has 0 saturated carbocycles. The molecule has 1 aromatic rings. The molecule has 8 heteroatoms. The van der Waals surface area contributed by atoms with Crippen LogP contribution in [-0.2, 0) is 9.59 Å². The lowest BCUT2D eigenvalue weighted by Crippen LogP contribution is -2.55. The number of hydrogen-bond donors (Lipinski definition) is 2. The number of hydrogen-bond acceptors (Lipinski definition) is 5. The largest absolute Gasteiger partial charge is 0.495 e. The van der Waals surface area contributed by atoms with Gasteiger partial charge < -0.3 is 20.3 Å². The summed E-state index contributed by atoms with van der Waals surface area (Å²) < 4.78 is 5.21. The van der Waals surface area contributed by atoms with Crippen molar-refractivity contribution in [2.45, 2.75) is 32.2 Å². The van der Waals surface area contributed by atoms with Crippen molar-refractivity contribution >= 4 is 23.5 Å². The number of benzene rings is 1. The lowest BCUT2D eigenvalue weighted by atomic mass is 9.87. The van der Waals surface area contributed by atoms with Crippen LogP contribution in [0.15, 0.2) is 24.3 Å². The molecule has 0 radical (unpaired) electrons. The molecule has 4 amide bonds. The highest BCUT2D eigenvalue weighted by Crippen LogP contribution is 2.30. The van der Waals surface area contributed by atoms with Crippen molar-refractivity contribution in [1.29, 1.82) is 0 Å². The Bertz CT molecular complexity index is 756. The van der Waals surface area contributed by atoms with Gasteiger partial charge >= 0.3 is 6.03 Å². The molecule has 2 heterocycles. The van der Waals surface area contributed by atoms with E-state index in [1.54, 1.807) is 24.3 Å². The molecule has 152 valence electrons. The SMILES string of the molecule is COc1ccccc1NC(=O)CN1C(=O)NC2(CCN(CC(C)C)CC2)C1=O. The molecular formula is C20H28N4O4. The number of rotatable bonds is 6. The smallest absolute Gasteiger partial charge is 0.325 e. The number of methoxy groups -OCH3 is 1.